The number of aryl methyl sites for hydroxylation is 1. The quantitative estimate of drug-likeness (QED) is 0.374. The molecule has 0 unspecified atom stereocenters. The Kier molecular flexibility index (Phi) is 5.82. The van der Waals surface area contributed by atoms with E-state index in [-0.39, 0.29) is 11.5 Å². The summed E-state index contributed by atoms with van der Waals surface area (Å²) in [4.78, 5) is 31.9. The third-order valence-electron chi connectivity index (χ3n) is 6.32. The number of anilines is 1. The molecule has 1 amide bonds. The molecule has 1 fully saturated rings. The summed E-state index contributed by atoms with van der Waals surface area (Å²) < 4.78 is 3.80. The number of unbranched alkanes of at least 4 members (excludes halogenated alkanes) is 2. The van der Waals surface area contributed by atoms with Crippen LogP contribution < -0.4 is 10.5 Å². The smallest absolute Gasteiger partial charge is 0.259 e. The zero-order chi connectivity index (χ0) is 22.8. The Bertz CT molecular complexity index is 1340. The summed E-state index contributed by atoms with van der Waals surface area (Å²) in [5, 5.41) is 0. The van der Waals surface area contributed by atoms with Gasteiger partial charge in [-0.15, -0.1) is 0 Å². The molecule has 3 heterocycles. The van der Waals surface area contributed by atoms with Crippen LogP contribution in [0.2, 0.25) is 0 Å². The van der Waals surface area contributed by atoms with E-state index in [0.717, 1.165) is 61.3 Å². The van der Waals surface area contributed by atoms with E-state index in [4.69, 9.17) is 4.98 Å². The van der Waals surface area contributed by atoms with Gasteiger partial charge in [-0.1, -0.05) is 62.2 Å². The molecular weight excluding hydrogens is 412 g/mol. The minimum Gasteiger partial charge on any atom is -0.312 e. The van der Waals surface area contributed by atoms with Crippen LogP contribution in [0.15, 0.2) is 71.7 Å². The van der Waals surface area contributed by atoms with Crippen LogP contribution in [0.1, 0.15) is 39.0 Å². The Morgan fingerprint density at radius 3 is 2.42 bits per heavy atom. The average Bonchev–Trinajstić information content (AvgIpc) is 3.44. The Morgan fingerprint density at radius 1 is 0.939 bits per heavy atom. The van der Waals surface area contributed by atoms with Crippen molar-refractivity contribution in [3.05, 3.63) is 77.2 Å². The first-order chi connectivity index (χ1) is 16.2. The number of aromatic nitrogens is 3. The monoisotopic (exact) mass is 440 g/mol. The molecule has 0 bridgehead atoms. The van der Waals surface area contributed by atoms with Gasteiger partial charge in [0.25, 0.3) is 5.56 Å². The summed E-state index contributed by atoms with van der Waals surface area (Å²) in [5.74, 6) is 0.840. The number of amides is 1. The number of hydrogen-bond acceptors (Lipinski definition) is 3. The van der Waals surface area contributed by atoms with Gasteiger partial charge in [0, 0.05) is 43.0 Å². The molecule has 6 heteroatoms. The van der Waals surface area contributed by atoms with Gasteiger partial charge in [-0.3, -0.25) is 14.0 Å². The van der Waals surface area contributed by atoms with Crippen molar-refractivity contribution >= 4 is 17.4 Å². The second-order valence-electron chi connectivity index (χ2n) is 8.58. The lowest BCUT2D eigenvalue weighted by Gasteiger charge is -2.16. The highest BCUT2D eigenvalue weighted by atomic mass is 16.2. The van der Waals surface area contributed by atoms with E-state index in [1.807, 2.05) is 65.7 Å². The van der Waals surface area contributed by atoms with Gasteiger partial charge in [-0.05, 0) is 30.5 Å². The highest BCUT2D eigenvalue weighted by molar-refractivity contribution is 5.95. The standard InChI is InChI=1S/C27H28N4O2/c1-2-3-7-16-30-24(21-12-14-22(15-13-21)29-17-8-11-25(29)32)19-31-26(33)18-23(28-27(30)31)20-9-5-4-6-10-20/h4-6,9-10,12-15,18-19H,2-3,7-8,11,16-17H2,1H3. The van der Waals surface area contributed by atoms with Gasteiger partial charge in [0.15, 0.2) is 0 Å². The molecule has 6 nitrogen and oxygen atoms in total. The van der Waals surface area contributed by atoms with E-state index in [2.05, 4.69) is 11.5 Å². The molecule has 4 aromatic rings. The second kappa shape index (κ2) is 9.06. The largest absolute Gasteiger partial charge is 0.312 e. The lowest BCUT2D eigenvalue weighted by Crippen LogP contribution is -2.23. The van der Waals surface area contributed by atoms with Crippen LogP contribution in [0.3, 0.4) is 0 Å². The SMILES string of the molecule is CCCCCn1c(-c2ccc(N3CCCC3=O)cc2)cn2c(=O)cc(-c3ccccc3)nc12. The second-order valence-corrected chi connectivity index (χ2v) is 8.58. The summed E-state index contributed by atoms with van der Waals surface area (Å²) in [7, 11) is 0. The van der Waals surface area contributed by atoms with Gasteiger partial charge in [-0.25, -0.2) is 4.98 Å². The molecule has 0 radical (unpaired) electrons. The van der Waals surface area contributed by atoms with Crippen LogP contribution in [0.4, 0.5) is 5.69 Å². The topological polar surface area (TPSA) is 59.6 Å². The van der Waals surface area contributed by atoms with E-state index < -0.39 is 0 Å². The summed E-state index contributed by atoms with van der Waals surface area (Å²) in [6.45, 7) is 3.75. The number of benzene rings is 2. The summed E-state index contributed by atoms with van der Waals surface area (Å²) in [6.07, 6.45) is 6.66. The van der Waals surface area contributed by atoms with Gasteiger partial charge in [-0.2, -0.15) is 0 Å². The van der Waals surface area contributed by atoms with Crippen LogP contribution in [-0.2, 0) is 11.3 Å². The number of imidazole rings is 1. The molecule has 1 aliphatic heterocycles. The van der Waals surface area contributed by atoms with Gasteiger partial charge in [0.1, 0.15) is 0 Å². The van der Waals surface area contributed by atoms with Crippen LogP contribution in [0.5, 0.6) is 0 Å². The average molecular weight is 441 g/mol. The van der Waals surface area contributed by atoms with Crippen LogP contribution in [-0.4, -0.2) is 26.4 Å². The predicted octanol–water partition coefficient (Wildman–Crippen LogP) is 5.15. The molecule has 33 heavy (non-hydrogen) atoms. The molecule has 5 rings (SSSR count). The molecular formula is C27H28N4O2. The number of nitrogens with zero attached hydrogens (tertiary/aromatic N) is 4. The Hall–Kier alpha value is -3.67. The number of fused-ring (bicyclic) bond motifs is 1. The molecule has 1 saturated heterocycles. The number of carbonyl (C=O) groups excluding carboxylic acids is 1. The Labute approximate surface area is 193 Å². The van der Waals surface area contributed by atoms with Crippen molar-refractivity contribution in [3.63, 3.8) is 0 Å². The summed E-state index contributed by atoms with van der Waals surface area (Å²) in [5.41, 5.74) is 4.42. The molecule has 0 atom stereocenters. The fourth-order valence-corrected chi connectivity index (χ4v) is 4.55. The van der Waals surface area contributed by atoms with Crippen LogP contribution in [0.25, 0.3) is 28.3 Å². The number of carbonyl (C=O) groups is 1. The molecule has 1 aliphatic rings. The lowest BCUT2D eigenvalue weighted by atomic mass is 10.1. The molecule has 0 spiro atoms. The fourth-order valence-electron chi connectivity index (χ4n) is 4.55. The van der Waals surface area contributed by atoms with Gasteiger partial charge >= 0.3 is 0 Å². The highest BCUT2D eigenvalue weighted by Gasteiger charge is 2.22. The third-order valence-corrected chi connectivity index (χ3v) is 6.32. The van der Waals surface area contributed by atoms with Gasteiger partial charge in [0.05, 0.1) is 11.4 Å². The normalized spacial score (nSPS) is 13.8. The first kappa shape index (κ1) is 21.2. The minimum atomic E-state index is -0.0892. The van der Waals surface area contributed by atoms with E-state index in [0.29, 0.717) is 17.9 Å². The first-order valence-corrected chi connectivity index (χ1v) is 11.7. The van der Waals surface area contributed by atoms with Crippen molar-refractivity contribution in [3.8, 4) is 22.5 Å². The number of rotatable bonds is 7. The first-order valence-electron chi connectivity index (χ1n) is 11.7. The zero-order valence-electron chi connectivity index (χ0n) is 18.9. The maximum atomic E-state index is 13.0. The van der Waals surface area contributed by atoms with Gasteiger partial charge < -0.3 is 9.47 Å². The minimum absolute atomic E-state index is 0.0892. The van der Waals surface area contributed by atoms with Crippen molar-refractivity contribution in [2.75, 3.05) is 11.4 Å². The summed E-state index contributed by atoms with van der Waals surface area (Å²) >= 11 is 0. The fraction of sp³-hybridized carbons (Fsp3) is 0.296. The van der Waals surface area contributed by atoms with Crippen LogP contribution >= 0.6 is 0 Å². The zero-order valence-corrected chi connectivity index (χ0v) is 18.9. The van der Waals surface area contributed by atoms with Crippen molar-refractivity contribution in [2.24, 2.45) is 0 Å². The Balaban J connectivity index is 1.60. The Morgan fingerprint density at radius 2 is 1.73 bits per heavy atom. The van der Waals surface area contributed by atoms with Crippen molar-refractivity contribution in [1.82, 2.24) is 14.0 Å². The lowest BCUT2D eigenvalue weighted by molar-refractivity contribution is -0.117. The number of hydrogen-bond donors (Lipinski definition) is 0. The predicted molar refractivity (Wildman–Crippen MR) is 131 cm³/mol. The summed E-state index contributed by atoms with van der Waals surface area (Å²) in [6, 6.07) is 19.5. The molecule has 0 aliphatic carbocycles. The third kappa shape index (κ3) is 4.09. The van der Waals surface area contributed by atoms with Crippen molar-refractivity contribution in [1.29, 1.82) is 0 Å². The molecule has 2 aromatic heterocycles. The van der Waals surface area contributed by atoms with E-state index in [9.17, 15) is 9.59 Å². The van der Waals surface area contributed by atoms with E-state index in [1.165, 1.54) is 0 Å². The van der Waals surface area contributed by atoms with Gasteiger partial charge in [0.2, 0.25) is 11.7 Å². The molecule has 168 valence electrons. The van der Waals surface area contributed by atoms with Crippen molar-refractivity contribution < 1.29 is 4.79 Å². The van der Waals surface area contributed by atoms with E-state index in [1.54, 1.807) is 10.5 Å². The molecule has 0 saturated carbocycles. The maximum absolute atomic E-state index is 13.0. The van der Waals surface area contributed by atoms with Crippen LogP contribution in [0, 0.1) is 0 Å². The maximum Gasteiger partial charge on any atom is 0.259 e. The molecule has 2 aromatic carbocycles. The molecule has 0 N–H and O–H groups in total. The van der Waals surface area contributed by atoms with Crippen molar-refractivity contribution in [2.45, 2.75) is 45.6 Å². The van der Waals surface area contributed by atoms with E-state index >= 15 is 0 Å². The highest BCUT2D eigenvalue weighted by Crippen LogP contribution is 2.28.